The van der Waals surface area contributed by atoms with Gasteiger partial charge in [0.05, 0.1) is 13.7 Å². The lowest BCUT2D eigenvalue weighted by Gasteiger charge is -2.09. The van der Waals surface area contributed by atoms with Crippen LogP contribution in [0.2, 0.25) is 0 Å². The standard InChI is InChI=1S/C24H24N2O3S/c1-3-29-23-15-18(6-12-22(23)28-2)7-13-24(27)26-20-8-10-21(11-9-20)30-17-19-5-4-14-25-16-19/h4-16H,3,17H2,1-2H3,(H,26,27)/b13-7+. The van der Waals surface area contributed by atoms with Crippen molar-refractivity contribution in [2.24, 2.45) is 0 Å². The van der Waals surface area contributed by atoms with Gasteiger partial charge >= 0.3 is 0 Å². The van der Waals surface area contributed by atoms with E-state index in [2.05, 4.69) is 16.4 Å². The molecule has 0 atom stereocenters. The highest BCUT2D eigenvalue weighted by Gasteiger charge is 2.05. The first-order chi connectivity index (χ1) is 14.7. The van der Waals surface area contributed by atoms with Gasteiger partial charge in [-0.15, -0.1) is 11.8 Å². The molecule has 0 spiro atoms. The fourth-order valence-corrected chi connectivity index (χ4v) is 3.54. The Kier molecular flexibility index (Phi) is 7.92. The van der Waals surface area contributed by atoms with Crippen LogP contribution in [0.5, 0.6) is 11.5 Å². The third kappa shape index (κ3) is 6.39. The lowest BCUT2D eigenvalue weighted by atomic mass is 10.2. The van der Waals surface area contributed by atoms with Gasteiger partial charge in [0.15, 0.2) is 11.5 Å². The number of nitrogens with zero attached hydrogens (tertiary/aromatic N) is 1. The molecule has 2 aromatic carbocycles. The number of ether oxygens (including phenoxy) is 2. The molecule has 0 saturated carbocycles. The van der Waals surface area contributed by atoms with Gasteiger partial charge in [-0.1, -0.05) is 12.1 Å². The van der Waals surface area contributed by atoms with E-state index in [1.165, 1.54) is 11.6 Å². The molecule has 0 radical (unpaired) electrons. The van der Waals surface area contributed by atoms with Crippen LogP contribution in [-0.2, 0) is 10.5 Å². The third-order valence-corrected chi connectivity index (χ3v) is 5.25. The monoisotopic (exact) mass is 420 g/mol. The van der Waals surface area contributed by atoms with Crippen molar-refractivity contribution >= 4 is 29.4 Å². The molecule has 5 nitrogen and oxygen atoms in total. The molecule has 0 aliphatic heterocycles. The molecule has 1 N–H and O–H groups in total. The Bertz CT molecular complexity index is 989. The molecule has 1 heterocycles. The van der Waals surface area contributed by atoms with Gasteiger partial charge in [0.1, 0.15) is 0 Å². The number of hydrogen-bond acceptors (Lipinski definition) is 5. The molecule has 0 aliphatic carbocycles. The quantitative estimate of drug-likeness (QED) is 0.369. The maximum absolute atomic E-state index is 12.2. The summed E-state index contributed by atoms with van der Waals surface area (Å²) in [5.74, 6) is 1.98. The predicted octanol–water partition coefficient (Wildman–Crippen LogP) is 5.43. The van der Waals surface area contributed by atoms with Crippen molar-refractivity contribution in [2.75, 3.05) is 19.0 Å². The van der Waals surface area contributed by atoms with E-state index in [0.717, 1.165) is 21.9 Å². The van der Waals surface area contributed by atoms with Crippen LogP contribution in [0.15, 0.2) is 78.0 Å². The molecule has 0 aliphatic rings. The number of amides is 1. The summed E-state index contributed by atoms with van der Waals surface area (Å²) in [6.07, 6.45) is 6.89. The number of benzene rings is 2. The first-order valence-corrected chi connectivity index (χ1v) is 10.6. The highest BCUT2D eigenvalue weighted by molar-refractivity contribution is 7.98. The van der Waals surface area contributed by atoms with Crippen LogP contribution in [-0.4, -0.2) is 24.6 Å². The minimum Gasteiger partial charge on any atom is -0.493 e. The van der Waals surface area contributed by atoms with Crippen molar-refractivity contribution in [1.29, 1.82) is 0 Å². The average Bonchev–Trinajstić information content (AvgIpc) is 2.78. The second-order valence-electron chi connectivity index (χ2n) is 6.34. The topological polar surface area (TPSA) is 60.5 Å². The Balaban J connectivity index is 1.55. The van der Waals surface area contributed by atoms with Crippen LogP contribution in [0.4, 0.5) is 5.69 Å². The van der Waals surface area contributed by atoms with E-state index in [-0.39, 0.29) is 5.91 Å². The van der Waals surface area contributed by atoms with E-state index in [9.17, 15) is 4.79 Å². The number of thioether (sulfide) groups is 1. The number of pyridine rings is 1. The molecule has 154 valence electrons. The Morgan fingerprint density at radius 1 is 1.13 bits per heavy atom. The van der Waals surface area contributed by atoms with Crippen molar-refractivity contribution < 1.29 is 14.3 Å². The molecule has 0 unspecified atom stereocenters. The molecule has 6 heteroatoms. The number of carbonyl (C=O) groups is 1. The Labute approximate surface area is 181 Å². The highest BCUT2D eigenvalue weighted by atomic mass is 32.2. The van der Waals surface area contributed by atoms with Crippen LogP contribution in [0.25, 0.3) is 6.08 Å². The minimum atomic E-state index is -0.195. The van der Waals surface area contributed by atoms with Crippen molar-refractivity contribution in [3.05, 3.63) is 84.2 Å². The predicted molar refractivity (Wildman–Crippen MR) is 122 cm³/mol. The van der Waals surface area contributed by atoms with E-state index in [1.807, 2.05) is 61.7 Å². The fourth-order valence-electron chi connectivity index (χ4n) is 2.71. The maximum atomic E-state index is 12.2. The van der Waals surface area contributed by atoms with Crippen LogP contribution in [0, 0.1) is 0 Å². The summed E-state index contributed by atoms with van der Waals surface area (Å²) in [6, 6.07) is 17.3. The zero-order chi connectivity index (χ0) is 21.2. The Morgan fingerprint density at radius 2 is 1.97 bits per heavy atom. The molecular weight excluding hydrogens is 396 g/mol. The van der Waals surface area contributed by atoms with Crippen molar-refractivity contribution in [2.45, 2.75) is 17.6 Å². The summed E-state index contributed by atoms with van der Waals surface area (Å²) < 4.78 is 10.8. The zero-order valence-corrected chi connectivity index (χ0v) is 17.8. The van der Waals surface area contributed by atoms with Gasteiger partial charge in [0.2, 0.25) is 5.91 Å². The normalized spacial score (nSPS) is 10.7. The summed E-state index contributed by atoms with van der Waals surface area (Å²) >= 11 is 1.73. The average molecular weight is 421 g/mol. The van der Waals surface area contributed by atoms with Crippen molar-refractivity contribution in [3.63, 3.8) is 0 Å². The van der Waals surface area contributed by atoms with E-state index >= 15 is 0 Å². The second kappa shape index (κ2) is 11.1. The molecule has 0 fully saturated rings. The maximum Gasteiger partial charge on any atom is 0.248 e. The first-order valence-electron chi connectivity index (χ1n) is 9.59. The van der Waals surface area contributed by atoms with E-state index < -0.39 is 0 Å². The van der Waals surface area contributed by atoms with Crippen molar-refractivity contribution in [3.8, 4) is 11.5 Å². The van der Waals surface area contributed by atoms with Gasteiger partial charge < -0.3 is 14.8 Å². The van der Waals surface area contributed by atoms with E-state index in [0.29, 0.717) is 18.1 Å². The molecule has 0 bridgehead atoms. The van der Waals surface area contributed by atoms with Gasteiger partial charge in [0.25, 0.3) is 0 Å². The molecule has 30 heavy (non-hydrogen) atoms. The van der Waals surface area contributed by atoms with Crippen LogP contribution in [0.1, 0.15) is 18.1 Å². The number of methoxy groups -OCH3 is 1. The SMILES string of the molecule is CCOc1cc(/C=C/C(=O)Nc2ccc(SCc3cccnc3)cc2)ccc1OC. The lowest BCUT2D eigenvalue weighted by Crippen LogP contribution is -2.07. The summed E-state index contributed by atoms with van der Waals surface area (Å²) in [5, 5.41) is 2.87. The summed E-state index contributed by atoms with van der Waals surface area (Å²) in [7, 11) is 1.60. The molecule has 1 aromatic heterocycles. The molecule has 3 aromatic rings. The van der Waals surface area contributed by atoms with Crippen molar-refractivity contribution in [1.82, 2.24) is 4.98 Å². The molecular formula is C24H24N2O3S. The summed E-state index contributed by atoms with van der Waals surface area (Å²) in [5.41, 5.74) is 2.78. The van der Waals surface area contributed by atoms with Gasteiger partial charge in [-0.25, -0.2) is 0 Å². The number of aromatic nitrogens is 1. The second-order valence-corrected chi connectivity index (χ2v) is 7.39. The van der Waals surface area contributed by atoms with Gasteiger partial charge in [-0.2, -0.15) is 0 Å². The number of anilines is 1. The van der Waals surface area contributed by atoms with Gasteiger partial charge in [0, 0.05) is 34.8 Å². The molecule has 3 rings (SSSR count). The van der Waals surface area contributed by atoms with Gasteiger partial charge in [-0.05, 0) is 66.6 Å². The number of rotatable bonds is 9. The largest absolute Gasteiger partial charge is 0.493 e. The first kappa shape index (κ1) is 21.5. The van der Waals surface area contributed by atoms with Crippen LogP contribution < -0.4 is 14.8 Å². The summed E-state index contributed by atoms with van der Waals surface area (Å²) in [6.45, 7) is 2.46. The van der Waals surface area contributed by atoms with Crippen LogP contribution in [0.3, 0.4) is 0 Å². The molecule has 0 saturated heterocycles. The smallest absolute Gasteiger partial charge is 0.248 e. The lowest BCUT2D eigenvalue weighted by molar-refractivity contribution is -0.111. The van der Waals surface area contributed by atoms with E-state index in [1.54, 1.807) is 31.1 Å². The molecule has 1 amide bonds. The minimum absolute atomic E-state index is 0.195. The number of carbonyl (C=O) groups excluding carboxylic acids is 1. The third-order valence-electron chi connectivity index (χ3n) is 4.16. The highest BCUT2D eigenvalue weighted by Crippen LogP contribution is 2.28. The summed E-state index contributed by atoms with van der Waals surface area (Å²) in [4.78, 5) is 17.5. The Morgan fingerprint density at radius 3 is 2.67 bits per heavy atom. The fraction of sp³-hybridized carbons (Fsp3) is 0.167. The number of hydrogen-bond donors (Lipinski definition) is 1. The zero-order valence-electron chi connectivity index (χ0n) is 17.0. The van der Waals surface area contributed by atoms with Gasteiger partial charge in [-0.3, -0.25) is 9.78 Å². The number of nitrogens with one attached hydrogen (secondary N) is 1. The Hall–Kier alpha value is -3.25. The van der Waals surface area contributed by atoms with Crippen LogP contribution >= 0.6 is 11.8 Å². The van der Waals surface area contributed by atoms with E-state index in [4.69, 9.17) is 9.47 Å².